The molecule has 0 aromatic carbocycles. The van der Waals surface area contributed by atoms with E-state index in [9.17, 15) is 13.2 Å². The predicted molar refractivity (Wildman–Crippen MR) is 35.5 cm³/mol. The molecule has 6 heteroatoms. The van der Waals surface area contributed by atoms with Crippen LogP contribution in [0.5, 0.6) is 0 Å². The summed E-state index contributed by atoms with van der Waals surface area (Å²) < 4.78 is 25.6. The number of furan rings is 1. The lowest BCUT2D eigenvalue weighted by Gasteiger charge is -1.87. The number of aldehydes is 1. The number of hydrogen-bond donors (Lipinski definition) is 1. The van der Waals surface area contributed by atoms with Crippen molar-refractivity contribution in [3.05, 3.63) is 17.9 Å². The van der Waals surface area contributed by atoms with E-state index in [4.69, 9.17) is 0 Å². The van der Waals surface area contributed by atoms with Crippen molar-refractivity contribution in [2.75, 3.05) is 0 Å². The molecule has 0 radical (unpaired) electrons. The van der Waals surface area contributed by atoms with Gasteiger partial charge in [0.15, 0.2) is 12.0 Å². The molecule has 1 rings (SSSR count). The molecule has 2 N–H and O–H groups in total. The van der Waals surface area contributed by atoms with Crippen molar-refractivity contribution in [3.8, 4) is 0 Å². The fraction of sp³-hybridized carbons (Fsp3) is 0. The van der Waals surface area contributed by atoms with Crippen molar-refractivity contribution in [2.45, 2.75) is 5.09 Å². The molecule has 1 heterocycles. The Morgan fingerprint density at radius 3 is 2.36 bits per heavy atom. The van der Waals surface area contributed by atoms with Crippen LogP contribution >= 0.6 is 0 Å². The molecular formula is C5H5NO4S. The summed E-state index contributed by atoms with van der Waals surface area (Å²) in [6.45, 7) is 0. The van der Waals surface area contributed by atoms with Gasteiger partial charge < -0.3 is 4.42 Å². The lowest BCUT2D eigenvalue weighted by Crippen LogP contribution is -2.10. The number of nitrogens with two attached hydrogens (primary N) is 1. The van der Waals surface area contributed by atoms with Gasteiger partial charge >= 0.3 is 0 Å². The molecule has 0 atom stereocenters. The van der Waals surface area contributed by atoms with Crippen LogP contribution in [0, 0.1) is 0 Å². The predicted octanol–water partition coefficient (Wildman–Crippen LogP) is -0.260. The summed E-state index contributed by atoms with van der Waals surface area (Å²) in [5, 5.41) is 4.28. The minimum absolute atomic E-state index is 0.0611. The van der Waals surface area contributed by atoms with Crippen LogP contribution in [-0.4, -0.2) is 14.7 Å². The monoisotopic (exact) mass is 175 g/mol. The third-order valence-corrected chi connectivity index (χ3v) is 1.78. The van der Waals surface area contributed by atoms with E-state index in [2.05, 4.69) is 9.56 Å². The first-order valence-corrected chi connectivity index (χ1v) is 4.16. The standard InChI is InChI=1S/C5H5NO4S/c6-11(8,9)5-2-1-4(3-7)10-5/h1-3H,(H2,6,8,9). The largest absolute Gasteiger partial charge is 0.440 e. The third kappa shape index (κ3) is 1.66. The summed E-state index contributed by atoms with van der Waals surface area (Å²) in [5.74, 6) is -0.0611. The molecule has 0 amide bonds. The number of primary sulfonamides is 1. The van der Waals surface area contributed by atoms with Crippen molar-refractivity contribution >= 4 is 16.3 Å². The van der Waals surface area contributed by atoms with Gasteiger partial charge in [-0.3, -0.25) is 4.79 Å². The number of carbonyl (C=O) groups is 1. The van der Waals surface area contributed by atoms with Crippen molar-refractivity contribution in [3.63, 3.8) is 0 Å². The first kappa shape index (κ1) is 7.96. The average molecular weight is 175 g/mol. The molecule has 0 fully saturated rings. The molecular weight excluding hydrogens is 170 g/mol. The van der Waals surface area contributed by atoms with Crippen LogP contribution < -0.4 is 5.14 Å². The highest BCUT2D eigenvalue weighted by atomic mass is 32.2. The molecule has 0 aliphatic carbocycles. The smallest absolute Gasteiger partial charge is 0.271 e. The third-order valence-electron chi connectivity index (χ3n) is 0.999. The molecule has 0 spiro atoms. The van der Waals surface area contributed by atoms with E-state index < -0.39 is 15.1 Å². The van der Waals surface area contributed by atoms with E-state index in [0.29, 0.717) is 6.29 Å². The highest BCUT2D eigenvalue weighted by Gasteiger charge is 2.12. The molecule has 1 aromatic rings. The fourth-order valence-electron chi connectivity index (χ4n) is 0.551. The van der Waals surface area contributed by atoms with Gasteiger partial charge in [0.25, 0.3) is 10.0 Å². The topological polar surface area (TPSA) is 90.4 Å². The lowest BCUT2D eigenvalue weighted by molar-refractivity contribution is 0.109. The van der Waals surface area contributed by atoms with Gasteiger partial charge in [0.1, 0.15) is 0 Å². The van der Waals surface area contributed by atoms with Crippen molar-refractivity contribution in [1.82, 2.24) is 0 Å². The summed E-state index contributed by atoms with van der Waals surface area (Å²) in [7, 11) is -3.82. The summed E-state index contributed by atoms with van der Waals surface area (Å²) in [6.07, 6.45) is 0.397. The maximum atomic E-state index is 10.5. The molecule has 60 valence electrons. The summed E-state index contributed by atoms with van der Waals surface area (Å²) in [6, 6.07) is 2.35. The highest BCUT2D eigenvalue weighted by molar-refractivity contribution is 7.89. The number of rotatable bonds is 2. The van der Waals surface area contributed by atoms with Crippen LogP contribution in [0.3, 0.4) is 0 Å². The van der Waals surface area contributed by atoms with Crippen molar-refractivity contribution in [2.24, 2.45) is 5.14 Å². The zero-order valence-corrected chi connectivity index (χ0v) is 6.17. The van der Waals surface area contributed by atoms with Crippen LogP contribution in [0.15, 0.2) is 21.6 Å². The molecule has 0 bridgehead atoms. The molecule has 0 saturated heterocycles. The van der Waals surface area contributed by atoms with Gasteiger partial charge in [-0.15, -0.1) is 0 Å². The van der Waals surface area contributed by atoms with Crippen molar-refractivity contribution in [1.29, 1.82) is 0 Å². The molecule has 0 unspecified atom stereocenters. The lowest BCUT2D eigenvalue weighted by atomic mass is 10.5. The fourth-order valence-corrected chi connectivity index (χ4v) is 1.02. The molecule has 0 aliphatic heterocycles. The molecule has 11 heavy (non-hydrogen) atoms. The quantitative estimate of drug-likeness (QED) is 0.627. The Bertz CT molecular complexity index is 364. The molecule has 0 saturated carbocycles. The van der Waals surface area contributed by atoms with Crippen molar-refractivity contribution < 1.29 is 17.6 Å². The van der Waals surface area contributed by atoms with Gasteiger partial charge in [-0.1, -0.05) is 0 Å². The number of hydrogen-bond acceptors (Lipinski definition) is 4. The van der Waals surface area contributed by atoms with E-state index in [1.807, 2.05) is 0 Å². The SMILES string of the molecule is NS(=O)(=O)c1ccc(C=O)o1. The van der Waals surface area contributed by atoms with Crippen LogP contribution in [0.25, 0.3) is 0 Å². The summed E-state index contributed by atoms with van der Waals surface area (Å²) in [5.41, 5.74) is 0. The van der Waals surface area contributed by atoms with Gasteiger partial charge in [0, 0.05) is 0 Å². The first-order valence-electron chi connectivity index (χ1n) is 2.62. The Kier molecular flexibility index (Phi) is 1.79. The normalized spacial score (nSPS) is 11.4. The van der Waals surface area contributed by atoms with E-state index in [-0.39, 0.29) is 5.76 Å². The van der Waals surface area contributed by atoms with Crippen LogP contribution in [0.1, 0.15) is 10.6 Å². The second-order valence-electron chi connectivity index (χ2n) is 1.82. The first-order chi connectivity index (χ1) is 5.04. The maximum absolute atomic E-state index is 10.5. The Hall–Kier alpha value is -1.14. The Balaban J connectivity index is 3.18. The van der Waals surface area contributed by atoms with E-state index in [1.165, 1.54) is 6.07 Å². The van der Waals surface area contributed by atoms with Crippen LogP contribution in [-0.2, 0) is 10.0 Å². The van der Waals surface area contributed by atoms with Crippen LogP contribution in [0.4, 0.5) is 0 Å². The van der Waals surface area contributed by atoms with Gasteiger partial charge in [-0.05, 0) is 12.1 Å². The van der Waals surface area contributed by atoms with E-state index in [0.717, 1.165) is 6.07 Å². The number of sulfonamides is 1. The Morgan fingerprint density at radius 1 is 1.45 bits per heavy atom. The maximum Gasteiger partial charge on any atom is 0.271 e. The highest BCUT2D eigenvalue weighted by Crippen LogP contribution is 2.09. The Labute approximate surface area is 62.9 Å². The molecule has 5 nitrogen and oxygen atoms in total. The summed E-state index contributed by atoms with van der Waals surface area (Å²) in [4.78, 5) is 10.0. The average Bonchev–Trinajstić information content (AvgIpc) is 2.32. The zero-order valence-electron chi connectivity index (χ0n) is 5.35. The van der Waals surface area contributed by atoms with Gasteiger partial charge in [-0.2, -0.15) is 0 Å². The Morgan fingerprint density at radius 2 is 2.09 bits per heavy atom. The minimum Gasteiger partial charge on any atom is -0.440 e. The minimum atomic E-state index is -3.82. The van der Waals surface area contributed by atoms with E-state index in [1.54, 1.807) is 0 Å². The second kappa shape index (κ2) is 2.48. The van der Waals surface area contributed by atoms with Gasteiger partial charge in [-0.25, -0.2) is 13.6 Å². The summed E-state index contributed by atoms with van der Waals surface area (Å²) >= 11 is 0. The molecule has 0 aliphatic rings. The van der Waals surface area contributed by atoms with Crippen LogP contribution in [0.2, 0.25) is 0 Å². The molecule has 1 aromatic heterocycles. The second-order valence-corrected chi connectivity index (χ2v) is 3.31. The van der Waals surface area contributed by atoms with Gasteiger partial charge in [0.05, 0.1) is 0 Å². The number of carbonyl (C=O) groups excluding carboxylic acids is 1. The van der Waals surface area contributed by atoms with Gasteiger partial charge in [0.2, 0.25) is 5.09 Å². The van der Waals surface area contributed by atoms with E-state index >= 15 is 0 Å². The zero-order chi connectivity index (χ0) is 8.48.